The SMILES string of the molecule is CCOC(=O)C(c1cccc(C(F)(F)F)c1)N(C)C. The molecule has 0 spiro atoms. The summed E-state index contributed by atoms with van der Waals surface area (Å²) in [6.45, 7) is 1.83. The number of ether oxygens (including phenoxy) is 1. The Bertz CT molecular complexity index is 444. The lowest BCUT2D eigenvalue weighted by Gasteiger charge is -2.23. The highest BCUT2D eigenvalue weighted by Crippen LogP contribution is 2.31. The Balaban J connectivity index is 3.14. The number of nitrogens with zero attached hydrogens (tertiary/aromatic N) is 1. The van der Waals surface area contributed by atoms with Crippen molar-refractivity contribution >= 4 is 5.97 Å². The van der Waals surface area contributed by atoms with Crippen molar-refractivity contribution < 1.29 is 22.7 Å². The zero-order valence-electron chi connectivity index (χ0n) is 11.0. The van der Waals surface area contributed by atoms with Crippen LogP contribution in [0, 0.1) is 0 Å². The number of carbonyl (C=O) groups excluding carboxylic acids is 1. The Labute approximate surface area is 110 Å². The largest absolute Gasteiger partial charge is 0.465 e. The minimum atomic E-state index is -4.43. The Morgan fingerprint density at radius 3 is 2.47 bits per heavy atom. The van der Waals surface area contributed by atoms with Crippen LogP contribution in [0.2, 0.25) is 0 Å². The number of esters is 1. The van der Waals surface area contributed by atoms with E-state index in [1.54, 1.807) is 21.0 Å². The summed E-state index contributed by atoms with van der Waals surface area (Å²) in [5, 5.41) is 0. The first-order valence-corrected chi connectivity index (χ1v) is 5.77. The molecule has 1 aromatic carbocycles. The van der Waals surface area contributed by atoms with E-state index in [0.717, 1.165) is 12.1 Å². The molecule has 106 valence electrons. The van der Waals surface area contributed by atoms with Gasteiger partial charge in [0, 0.05) is 0 Å². The quantitative estimate of drug-likeness (QED) is 0.791. The van der Waals surface area contributed by atoms with Crippen molar-refractivity contribution in [1.82, 2.24) is 4.90 Å². The van der Waals surface area contributed by atoms with Crippen molar-refractivity contribution in [2.75, 3.05) is 20.7 Å². The molecule has 0 bridgehead atoms. The summed E-state index contributed by atoms with van der Waals surface area (Å²) in [7, 11) is 3.23. The zero-order valence-corrected chi connectivity index (χ0v) is 11.0. The molecule has 0 fully saturated rings. The van der Waals surface area contributed by atoms with Gasteiger partial charge in [-0.05, 0) is 38.7 Å². The first-order chi connectivity index (χ1) is 8.77. The highest BCUT2D eigenvalue weighted by Gasteiger charge is 2.32. The molecule has 1 aromatic rings. The van der Waals surface area contributed by atoms with Gasteiger partial charge in [-0.25, -0.2) is 4.79 Å². The number of hydrogen-bond donors (Lipinski definition) is 0. The normalized spacial score (nSPS) is 13.4. The highest BCUT2D eigenvalue weighted by atomic mass is 19.4. The first-order valence-electron chi connectivity index (χ1n) is 5.77. The van der Waals surface area contributed by atoms with E-state index in [9.17, 15) is 18.0 Å². The van der Waals surface area contributed by atoms with Crippen LogP contribution in [-0.2, 0) is 15.7 Å². The van der Waals surface area contributed by atoms with Gasteiger partial charge in [-0.1, -0.05) is 12.1 Å². The third-order valence-electron chi connectivity index (χ3n) is 2.56. The number of carbonyl (C=O) groups is 1. The Morgan fingerprint density at radius 2 is 2.00 bits per heavy atom. The molecule has 0 radical (unpaired) electrons. The van der Waals surface area contributed by atoms with Crippen LogP contribution < -0.4 is 0 Å². The van der Waals surface area contributed by atoms with Crippen molar-refractivity contribution in [2.24, 2.45) is 0 Å². The Morgan fingerprint density at radius 1 is 1.37 bits per heavy atom. The van der Waals surface area contributed by atoms with E-state index in [-0.39, 0.29) is 12.2 Å². The number of likely N-dealkylation sites (N-methyl/N-ethyl adjacent to an activating group) is 1. The van der Waals surface area contributed by atoms with Crippen LogP contribution >= 0.6 is 0 Å². The Hall–Kier alpha value is -1.56. The molecule has 0 aliphatic rings. The van der Waals surface area contributed by atoms with E-state index in [4.69, 9.17) is 4.74 Å². The van der Waals surface area contributed by atoms with E-state index >= 15 is 0 Å². The molecule has 0 N–H and O–H groups in total. The lowest BCUT2D eigenvalue weighted by molar-refractivity contribution is -0.149. The van der Waals surface area contributed by atoms with Gasteiger partial charge in [-0.3, -0.25) is 4.90 Å². The highest BCUT2D eigenvalue weighted by molar-refractivity contribution is 5.77. The van der Waals surface area contributed by atoms with Crippen LogP contribution in [0.4, 0.5) is 13.2 Å². The summed E-state index contributed by atoms with van der Waals surface area (Å²) in [5.74, 6) is -0.563. The molecular weight excluding hydrogens is 259 g/mol. The van der Waals surface area contributed by atoms with Gasteiger partial charge in [0.15, 0.2) is 0 Å². The topological polar surface area (TPSA) is 29.5 Å². The summed E-state index contributed by atoms with van der Waals surface area (Å²) in [5.41, 5.74) is -0.514. The molecule has 0 aliphatic heterocycles. The monoisotopic (exact) mass is 275 g/mol. The second kappa shape index (κ2) is 6.06. The third-order valence-corrected chi connectivity index (χ3v) is 2.56. The molecule has 0 saturated carbocycles. The molecule has 0 aliphatic carbocycles. The number of alkyl halides is 3. The van der Waals surface area contributed by atoms with Gasteiger partial charge in [0.25, 0.3) is 0 Å². The molecule has 3 nitrogen and oxygen atoms in total. The Kier molecular flexibility index (Phi) is 4.94. The van der Waals surface area contributed by atoms with Crippen LogP contribution in [0.3, 0.4) is 0 Å². The second-order valence-corrected chi connectivity index (χ2v) is 4.24. The van der Waals surface area contributed by atoms with Crippen molar-refractivity contribution in [3.63, 3.8) is 0 Å². The van der Waals surface area contributed by atoms with Crippen molar-refractivity contribution in [1.29, 1.82) is 0 Å². The first kappa shape index (κ1) is 15.5. The average Bonchev–Trinajstić information content (AvgIpc) is 2.28. The van der Waals surface area contributed by atoms with Gasteiger partial charge in [-0.2, -0.15) is 13.2 Å². The fraction of sp³-hybridized carbons (Fsp3) is 0.462. The summed E-state index contributed by atoms with van der Waals surface area (Å²) in [6.07, 6.45) is -4.43. The lowest BCUT2D eigenvalue weighted by atomic mass is 10.0. The van der Waals surface area contributed by atoms with Gasteiger partial charge in [-0.15, -0.1) is 0 Å². The van der Waals surface area contributed by atoms with E-state index < -0.39 is 23.8 Å². The maximum atomic E-state index is 12.7. The van der Waals surface area contributed by atoms with E-state index in [0.29, 0.717) is 0 Å². The molecule has 1 rings (SSSR count). The van der Waals surface area contributed by atoms with Crippen molar-refractivity contribution in [3.8, 4) is 0 Å². The minimum Gasteiger partial charge on any atom is -0.465 e. The fourth-order valence-corrected chi connectivity index (χ4v) is 1.75. The maximum Gasteiger partial charge on any atom is 0.416 e. The predicted molar refractivity (Wildman–Crippen MR) is 64.5 cm³/mol. The smallest absolute Gasteiger partial charge is 0.416 e. The molecule has 6 heteroatoms. The van der Waals surface area contributed by atoms with Crippen molar-refractivity contribution in [3.05, 3.63) is 35.4 Å². The minimum absolute atomic E-state index is 0.183. The molecule has 1 atom stereocenters. The average molecular weight is 275 g/mol. The van der Waals surface area contributed by atoms with E-state index in [1.807, 2.05) is 0 Å². The van der Waals surface area contributed by atoms with Gasteiger partial charge >= 0.3 is 12.1 Å². The third kappa shape index (κ3) is 3.96. The second-order valence-electron chi connectivity index (χ2n) is 4.24. The molecule has 0 saturated heterocycles. The molecule has 0 heterocycles. The number of hydrogen-bond acceptors (Lipinski definition) is 3. The zero-order chi connectivity index (χ0) is 14.6. The van der Waals surface area contributed by atoms with Crippen LogP contribution in [-0.4, -0.2) is 31.6 Å². The van der Waals surface area contributed by atoms with Gasteiger partial charge < -0.3 is 4.74 Å². The standard InChI is InChI=1S/C13H16F3NO2/c1-4-19-12(18)11(17(2)3)9-6-5-7-10(8-9)13(14,15)16/h5-8,11H,4H2,1-3H3. The summed E-state index contributed by atoms with van der Waals surface area (Å²) in [6, 6.07) is 3.87. The van der Waals surface area contributed by atoms with Crippen LogP contribution in [0.15, 0.2) is 24.3 Å². The van der Waals surface area contributed by atoms with Crippen LogP contribution in [0.5, 0.6) is 0 Å². The summed E-state index contributed by atoms with van der Waals surface area (Å²) >= 11 is 0. The summed E-state index contributed by atoms with van der Waals surface area (Å²) in [4.78, 5) is 13.3. The van der Waals surface area contributed by atoms with E-state index in [1.165, 1.54) is 17.0 Å². The number of halogens is 3. The molecular formula is C13H16F3NO2. The summed E-state index contributed by atoms with van der Waals surface area (Å²) < 4.78 is 42.8. The molecule has 0 amide bonds. The number of benzene rings is 1. The van der Waals surface area contributed by atoms with Gasteiger partial charge in [0.05, 0.1) is 12.2 Å². The van der Waals surface area contributed by atoms with Crippen molar-refractivity contribution in [2.45, 2.75) is 19.1 Å². The maximum absolute atomic E-state index is 12.7. The molecule has 1 unspecified atom stereocenters. The molecule has 0 aromatic heterocycles. The molecule has 19 heavy (non-hydrogen) atoms. The van der Waals surface area contributed by atoms with Gasteiger partial charge in [0.1, 0.15) is 6.04 Å². The predicted octanol–water partition coefficient (Wildman–Crippen LogP) is 2.87. The van der Waals surface area contributed by atoms with E-state index in [2.05, 4.69) is 0 Å². The lowest BCUT2D eigenvalue weighted by Crippen LogP contribution is -2.29. The fourth-order valence-electron chi connectivity index (χ4n) is 1.75. The van der Waals surface area contributed by atoms with Crippen LogP contribution in [0.25, 0.3) is 0 Å². The van der Waals surface area contributed by atoms with Crippen LogP contribution in [0.1, 0.15) is 24.1 Å². The number of rotatable bonds is 4. The van der Waals surface area contributed by atoms with Gasteiger partial charge in [0.2, 0.25) is 0 Å².